The number of halogens is 2. The molecule has 0 saturated heterocycles. The number of nitrogens with zero attached hydrogens (tertiary/aromatic N) is 1. The van der Waals surface area contributed by atoms with Crippen LogP contribution < -0.4 is 10.1 Å². The van der Waals surface area contributed by atoms with Crippen LogP contribution in [-0.2, 0) is 4.79 Å². The number of allylic oxidation sites excluding steroid dienone is 1. The number of ether oxygens (including phenoxy) is 1. The van der Waals surface area contributed by atoms with Gasteiger partial charge in [0.05, 0.1) is 0 Å². The van der Waals surface area contributed by atoms with E-state index >= 15 is 0 Å². The van der Waals surface area contributed by atoms with Gasteiger partial charge in [-0.3, -0.25) is 4.79 Å². The maximum atomic E-state index is 11.5. The first-order valence-corrected chi connectivity index (χ1v) is 6.15. The van der Waals surface area contributed by atoms with Crippen LogP contribution in [0.4, 0.5) is 0 Å². The molecule has 0 saturated carbocycles. The van der Waals surface area contributed by atoms with Gasteiger partial charge in [0.2, 0.25) is 0 Å². The Morgan fingerprint density at radius 1 is 1.42 bits per heavy atom. The van der Waals surface area contributed by atoms with Gasteiger partial charge >= 0.3 is 0 Å². The quantitative estimate of drug-likeness (QED) is 0.869. The number of hydrogen-bond acceptors (Lipinski definition) is 3. The lowest BCUT2D eigenvalue weighted by molar-refractivity contribution is -0.122. The molecular weight excluding hydrogens is 287 g/mol. The highest BCUT2D eigenvalue weighted by atomic mass is 35.5. The second-order valence-corrected chi connectivity index (χ2v) is 4.80. The molecule has 0 radical (unpaired) electrons. The molecule has 0 bridgehead atoms. The summed E-state index contributed by atoms with van der Waals surface area (Å²) in [5, 5.41) is 10.9. The summed E-state index contributed by atoms with van der Waals surface area (Å²) in [7, 11) is 0. The number of nitrogens with one attached hydrogen (secondary N) is 1. The highest BCUT2D eigenvalue weighted by Crippen LogP contribution is 2.18. The molecule has 0 unspecified atom stereocenters. The van der Waals surface area contributed by atoms with E-state index in [0.29, 0.717) is 5.75 Å². The van der Waals surface area contributed by atoms with Crippen LogP contribution in [0.2, 0.25) is 0 Å². The van der Waals surface area contributed by atoms with E-state index < -0.39 is 5.91 Å². The van der Waals surface area contributed by atoms with E-state index in [9.17, 15) is 4.79 Å². The van der Waals surface area contributed by atoms with Crippen LogP contribution in [0.1, 0.15) is 11.1 Å². The molecule has 0 aromatic heterocycles. The summed E-state index contributed by atoms with van der Waals surface area (Å²) in [4.78, 5) is 11.5. The Morgan fingerprint density at radius 3 is 2.63 bits per heavy atom. The third kappa shape index (κ3) is 4.82. The number of benzene rings is 1. The van der Waals surface area contributed by atoms with Crippen molar-refractivity contribution in [3.63, 3.8) is 0 Å². The van der Waals surface area contributed by atoms with Crippen molar-refractivity contribution >= 4 is 29.1 Å². The number of nitriles is 1. The first kappa shape index (κ1) is 15.4. The lowest BCUT2D eigenvalue weighted by Gasteiger charge is -2.09. The van der Waals surface area contributed by atoms with Gasteiger partial charge in [-0.1, -0.05) is 40.9 Å². The van der Waals surface area contributed by atoms with Gasteiger partial charge in [0.15, 0.2) is 12.3 Å². The zero-order valence-electron chi connectivity index (χ0n) is 10.5. The van der Waals surface area contributed by atoms with E-state index in [1.165, 1.54) is 0 Å². The number of hydrogen-bond donors (Lipinski definition) is 1. The normalized spacial score (nSPS) is 9.42. The molecule has 0 aliphatic carbocycles. The summed E-state index contributed by atoms with van der Waals surface area (Å²) in [6, 6.07) is 7.30. The van der Waals surface area contributed by atoms with Crippen molar-refractivity contribution < 1.29 is 9.53 Å². The summed E-state index contributed by atoms with van der Waals surface area (Å²) in [5.41, 5.74) is 1.84. The molecule has 1 aromatic rings. The zero-order chi connectivity index (χ0) is 14.4. The first-order chi connectivity index (χ1) is 8.93. The topological polar surface area (TPSA) is 62.1 Å². The Hall–Kier alpha value is -1.70. The second kappa shape index (κ2) is 7.03. The first-order valence-electron chi connectivity index (χ1n) is 5.39. The van der Waals surface area contributed by atoms with Crippen molar-refractivity contribution in [2.45, 2.75) is 13.8 Å². The van der Waals surface area contributed by atoms with Crippen molar-refractivity contribution in [2.24, 2.45) is 0 Å². The van der Waals surface area contributed by atoms with Gasteiger partial charge in [0.1, 0.15) is 16.3 Å². The maximum absolute atomic E-state index is 11.5. The summed E-state index contributed by atoms with van der Waals surface area (Å²) < 4.78 is 5.06. The maximum Gasteiger partial charge on any atom is 0.262 e. The Kier molecular flexibility index (Phi) is 5.68. The van der Waals surface area contributed by atoms with E-state index in [-0.39, 0.29) is 16.8 Å². The minimum atomic E-state index is -0.504. The van der Waals surface area contributed by atoms with Gasteiger partial charge in [0, 0.05) is 0 Å². The molecule has 19 heavy (non-hydrogen) atoms. The molecule has 1 rings (SSSR count). The molecule has 1 amide bonds. The Bertz CT molecular complexity index is 558. The SMILES string of the molecule is Cc1ccc(OCC(=O)NC(C#N)=C(Cl)Cl)c(C)c1. The number of rotatable bonds is 4. The van der Waals surface area contributed by atoms with Gasteiger partial charge in [-0.05, 0) is 25.5 Å². The molecule has 100 valence electrons. The fourth-order valence-electron chi connectivity index (χ4n) is 1.40. The number of amides is 1. The molecule has 0 atom stereocenters. The third-order valence-corrected chi connectivity index (χ3v) is 2.63. The van der Waals surface area contributed by atoms with Crippen LogP contribution in [0.15, 0.2) is 28.4 Å². The molecule has 0 aliphatic rings. The van der Waals surface area contributed by atoms with E-state index in [0.717, 1.165) is 11.1 Å². The predicted octanol–water partition coefficient (Wildman–Crippen LogP) is 2.97. The predicted molar refractivity (Wildman–Crippen MR) is 73.9 cm³/mol. The average Bonchev–Trinajstić information content (AvgIpc) is 2.34. The standard InChI is InChI=1S/C13H12Cl2N2O2/c1-8-3-4-11(9(2)5-8)19-7-12(18)17-10(6-16)13(14)15/h3-5H,7H2,1-2H3,(H,17,18). The Morgan fingerprint density at radius 2 is 2.11 bits per heavy atom. The van der Waals surface area contributed by atoms with Crippen LogP contribution in [0.5, 0.6) is 5.75 Å². The Balaban J connectivity index is 2.60. The van der Waals surface area contributed by atoms with E-state index in [4.69, 9.17) is 33.2 Å². The van der Waals surface area contributed by atoms with Gasteiger partial charge in [-0.2, -0.15) is 5.26 Å². The summed E-state index contributed by atoms with van der Waals surface area (Å²) in [5.74, 6) is 0.107. The minimum absolute atomic E-state index is 0.197. The number of aryl methyl sites for hydroxylation is 2. The molecule has 1 aromatic carbocycles. The van der Waals surface area contributed by atoms with Crippen LogP contribution >= 0.6 is 23.2 Å². The highest BCUT2D eigenvalue weighted by molar-refractivity contribution is 6.56. The van der Waals surface area contributed by atoms with E-state index in [1.54, 1.807) is 12.1 Å². The summed E-state index contributed by atoms with van der Waals surface area (Å²) in [6.07, 6.45) is 0. The zero-order valence-corrected chi connectivity index (χ0v) is 12.0. The van der Waals surface area contributed by atoms with Gasteiger partial charge in [-0.25, -0.2) is 0 Å². The van der Waals surface area contributed by atoms with Crippen LogP contribution in [-0.4, -0.2) is 12.5 Å². The second-order valence-electron chi connectivity index (χ2n) is 3.85. The Labute approximate surface area is 121 Å². The molecule has 0 spiro atoms. The van der Waals surface area contributed by atoms with Gasteiger partial charge < -0.3 is 10.1 Å². The third-order valence-electron chi connectivity index (χ3n) is 2.25. The van der Waals surface area contributed by atoms with Crippen molar-refractivity contribution in [1.82, 2.24) is 5.32 Å². The lowest BCUT2D eigenvalue weighted by Crippen LogP contribution is -2.28. The molecule has 0 aliphatic heterocycles. The van der Waals surface area contributed by atoms with Crippen LogP contribution in [0.3, 0.4) is 0 Å². The van der Waals surface area contributed by atoms with E-state index in [2.05, 4.69) is 5.32 Å². The average molecular weight is 299 g/mol. The number of carbonyl (C=O) groups excluding carboxylic acids is 1. The van der Waals surface area contributed by atoms with Crippen LogP contribution in [0.25, 0.3) is 0 Å². The van der Waals surface area contributed by atoms with Gasteiger partial charge in [0.25, 0.3) is 5.91 Å². The summed E-state index contributed by atoms with van der Waals surface area (Å²) >= 11 is 10.8. The van der Waals surface area contributed by atoms with E-state index in [1.807, 2.05) is 26.0 Å². The van der Waals surface area contributed by atoms with Gasteiger partial charge in [-0.15, -0.1) is 0 Å². The lowest BCUT2D eigenvalue weighted by atomic mass is 10.1. The monoisotopic (exact) mass is 298 g/mol. The van der Waals surface area contributed by atoms with Crippen LogP contribution in [0, 0.1) is 25.2 Å². The van der Waals surface area contributed by atoms with Crippen molar-refractivity contribution in [3.8, 4) is 11.8 Å². The molecule has 4 nitrogen and oxygen atoms in total. The minimum Gasteiger partial charge on any atom is -0.483 e. The smallest absolute Gasteiger partial charge is 0.262 e. The molecule has 0 heterocycles. The fourth-order valence-corrected chi connectivity index (χ4v) is 1.58. The van der Waals surface area contributed by atoms with Crippen molar-refractivity contribution in [2.75, 3.05) is 6.61 Å². The van der Waals surface area contributed by atoms with Crippen molar-refractivity contribution in [1.29, 1.82) is 5.26 Å². The fraction of sp³-hybridized carbons (Fsp3) is 0.231. The van der Waals surface area contributed by atoms with Crippen molar-refractivity contribution in [3.05, 3.63) is 39.5 Å². The molecule has 6 heteroatoms. The summed E-state index contributed by atoms with van der Waals surface area (Å²) in [6.45, 7) is 3.63. The molecule has 0 fully saturated rings. The highest BCUT2D eigenvalue weighted by Gasteiger charge is 2.09. The number of carbonyl (C=O) groups is 1. The molecule has 1 N–H and O–H groups in total. The largest absolute Gasteiger partial charge is 0.483 e. The molecular formula is C13H12Cl2N2O2.